The molecule has 1 N–H and O–H groups in total. The molecule has 0 fully saturated rings. The zero-order valence-corrected chi connectivity index (χ0v) is 6.26. The lowest BCUT2D eigenvalue weighted by Gasteiger charge is -2.13. The van der Waals surface area contributed by atoms with Crippen molar-refractivity contribution in [2.75, 3.05) is 20.7 Å². The van der Waals surface area contributed by atoms with Crippen molar-refractivity contribution < 1.29 is 9.63 Å². The van der Waals surface area contributed by atoms with E-state index >= 15 is 0 Å². The highest BCUT2D eigenvalue weighted by atomic mass is 16.6. The predicted octanol–water partition coefficient (Wildman–Crippen LogP) is 0.375. The predicted molar refractivity (Wildman–Crippen MR) is 38.4 cm³/mol. The molecule has 4 heteroatoms. The van der Waals surface area contributed by atoms with Crippen molar-refractivity contribution >= 4 is 6.03 Å². The summed E-state index contributed by atoms with van der Waals surface area (Å²) in [5.41, 5.74) is 2.17. The van der Waals surface area contributed by atoms with Crippen LogP contribution in [0.5, 0.6) is 0 Å². The van der Waals surface area contributed by atoms with Gasteiger partial charge in [-0.1, -0.05) is 6.08 Å². The van der Waals surface area contributed by atoms with Gasteiger partial charge < -0.3 is 4.90 Å². The van der Waals surface area contributed by atoms with Crippen LogP contribution in [0.2, 0.25) is 0 Å². The maximum atomic E-state index is 10.8. The van der Waals surface area contributed by atoms with Gasteiger partial charge in [0.1, 0.15) is 0 Å². The summed E-state index contributed by atoms with van der Waals surface area (Å²) in [6.07, 6.45) is 1.63. The molecule has 0 aliphatic rings. The van der Waals surface area contributed by atoms with Crippen molar-refractivity contribution in [3.8, 4) is 0 Å². The maximum absolute atomic E-state index is 10.8. The van der Waals surface area contributed by atoms with Crippen molar-refractivity contribution in [2.24, 2.45) is 0 Å². The summed E-state index contributed by atoms with van der Waals surface area (Å²) >= 11 is 0. The molecule has 0 aromatic heterocycles. The van der Waals surface area contributed by atoms with Gasteiger partial charge in [0.2, 0.25) is 0 Å². The Hall–Kier alpha value is -1.03. The van der Waals surface area contributed by atoms with Crippen LogP contribution in [0.1, 0.15) is 0 Å². The molecule has 0 aromatic carbocycles. The molecule has 0 saturated heterocycles. The number of hydrogen-bond donors (Lipinski definition) is 1. The monoisotopic (exact) mass is 144 g/mol. The highest BCUT2D eigenvalue weighted by molar-refractivity contribution is 5.72. The fraction of sp³-hybridized carbons (Fsp3) is 0.500. The fourth-order valence-electron chi connectivity index (χ4n) is 0.442. The Morgan fingerprint density at radius 2 is 2.50 bits per heavy atom. The van der Waals surface area contributed by atoms with E-state index in [0.29, 0.717) is 6.54 Å². The second kappa shape index (κ2) is 4.81. The summed E-state index contributed by atoms with van der Waals surface area (Å²) in [5, 5.41) is 0. The molecule has 0 radical (unpaired) electrons. The van der Waals surface area contributed by atoms with Crippen LogP contribution in [0.3, 0.4) is 0 Å². The molecule has 0 aliphatic carbocycles. The second-order valence-corrected chi connectivity index (χ2v) is 1.78. The fourth-order valence-corrected chi connectivity index (χ4v) is 0.442. The SMILES string of the molecule is C=CCN(C)C(=O)NOC. The summed E-state index contributed by atoms with van der Waals surface area (Å²) in [4.78, 5) is 16.6. The van der Waals surface area contributed by atoms with Gasteiger partial charge in [0.05, 0.1) is 7.11 Å². The van der Waals surface area contributed by atoms with E-state index in [0.717, 1.165) is 0 Å². The Balaban J connectivity index is 3.58. The van der Waals surface area contributed by atoms with E-state index in [9.17, 15) is 4.79 Å². The average molecular weight is 144 g/mol. The summed E-state index contributed by atoms with van der Waals surface area (Å²) in [7, 11) is 3.04. The first kappa shape index (κ1) is 8.97. The van der Waals surface area contributed by atoms with Gasteiger partial charge in [0.15, 0.2) is 0 Å². The molecule has 0 spiro atoms. The molecule has 0 bridgehead atoms. The third kappa shape index (κ3) is 3.09. The average Bonchev–Trinajstić information content (AvgIpc) is 1.89. The first-order valence-electron chi connectivity index (χ1n) is 2.87. The molecule has 2 amide bonds. The minimum Gasteiger partial charge on any atom is -0.322 e. The maximum Gasteiger partial charge on any atom is 0.341 e. The van der Waals surface area contributed by atoms with E-state index < -0.39 is 0 Å². The number of urea groups is 1. The van der Waals surface area contributed by atoms with Crippen molar-refractivity contribution in [2.45, 2.75) is 0 Å². The summed E-state index contributed by atoms with van der Waals surface area (Å²) in [6.45, 7) is 3.99. The van der Waals surface area contributed by atoms with Crippen LogP contribution in [0.15, 0.2) is 12.7 Å². The van der Waals surface area contributed by atoms with Crippen LogP contribution >= 0.6 is 0 Å². The highest BCUT2D eigenvalue weighted by Crippen LogP contribution is 1.82. The summed E-state index contributed by atoms with van der Waals surface area (Å²) in [5.74, 6) is 0. The van der Waals surface area contributed by atoms with Crippen LogP contribution in [0.4, 0.5) is 4.79 Å². The molecular weight excluding hydrogens is 132 g/mol. The highest BCUT2D eigenvalue weighted by Gasteiger charge is 2.03. The van der Waals surface area contributed by atoms with Crippen molar-refractivity contribution in [1.82, 2.24) is 10.4 Å². The number of carbonyl (C=O) groups excluding carboxylic acids is 1. The molecule has 0 aromatic rings. The van der Waals surface area contributed by atoms with Crippen LogP contribution in [-0.2, 0) is 4.84 Å². The quantitative estimate of drug-likeness (QED) is 0.459. The molecular formula is C6H12N2O2. The van der Waals surface area contributed by atoms with Crippen molar-refractivity contribution in [3.63, 3.8) is 0 Å². The van der Waals surface area contributed by atoms with Gasteiger partial charge in [-0.3, -0.25) is 4.84 Å². The summed E-state index contributed by atoms with van der Waals surface area (Å²) in [6, 6.07) is -0.276. The molecule has 0 atom stereocenters. The van der Waals surface area contributed by atoms with Crippen LogP contribution < -0.4 is 5.48 Å². The minimum absolute atomic E-state index is 0.276. The van der Waals surface area contributed by atoms with Gasteiger partial charge in [-0.05, 0) is 0 Å². The number of amides is 2. The number of rotatable bonds is 3. The molecule has 58 valence electrons. The molecule has 4 nitrogen and oxygen atoms in total. The van der Waals surface area contributed by atoms with Gasteiger partial charge in [-0.25, -0.2) is 10.3 Å². The van der Waals surface area contributed by atoms with Crippen LogP contribution in [-0.4, -0.2) is 31.6 Å². The second-order valence-electron chi connectivity index (χ2n) is 1.78. The van der Waals surface area contributed by atoms with E-state index in [2.05, 4.69) is 16.9 Å². The minimum atomic E-state index is -0.276. The van der Waals surface area contributed by atoms with Crippen molar-refractivity contribution in [3.05, 3.63) is 12.7 Å². The van der Waals surface area contributed by atoms with Gasteiger partial charge in [-0.2, -0.15) is 0 Å². The molecule has 0 rings (SSSR count). The Kier molecular flexibility index (Phi) is 4.32. The van der Waals surface area contributed by atoms with E-state index in [1.54, 1.807) is 13.1 Å². The van der Waals surface area contributed by atoms with E-state index in [4.69, 9.17) is 0 Å². The Bertz CT molecular complexity index is 125. The number of likely N-dealkylation sites (N-methyl/N-ethyl adjacent to an activating group) is 1. The molecule has 0 unspecified atom stereocenters. The summed E-state index contributed by atoms with van der Waals surface area (Å²) < 4.78 is 0. The number of carbonyl (C=O) groups is 1. The van der Waals surface area contributed by atoms with Gasteiger partial charge in [0, 0.05) is 13.6 Å². The third-order valence-electron chi connectivity index (χ3n) is 0.939. The molecule has 10 heavy (non-hydrogen) atoms. The lowest BCUT2D eigenvalue weighted by molar-refractivity contribution is 0.0927. The standard InChI is InChI=1S/C6H12N2O2/c1-4-5-8(2)6(9)7-10-3/h4H,1,5H2,2-3H3,(H,7,9). The number of nitrogens with zero attached hydrogens (tertiary/aromatic N) is 1. The van der Waals surface area contributed by atoms with Gasteiger partial charge in [0.25, 0.3) is 0 Å². The number of hydrogen-bond acceptors (Lipinski definition) is 2. The zero-order chi connectivity index (χ0) is 7.98. The molecule has 0 saturated carbocycles. The van der Waals surface area contributed by atoms with Gasteiger partial charge >= 0.3 is 6.03 Å². The normalized spacial score (nSPS) is 8.60. The topological polar surface area (TPSA) is 41.6 Å². The zero-order valence-electron chi connectivity index (χ0n) is 6.26. The lowest BCUT2D eigenvalue weighted by atomic mass is 10.6. The van der Waals surface area contributed by atoms with Crippen molar-refractivity contribution in [1.29, 1.82) is 0 Å². The third-order valence-corrected chi connectivity index (χ3v) is 0.939. The van der Waals surface area contributed by atoms with Crippen LogP contribution in [0.25, 0.3) is 0 Å². The first-order chi connectivity index (χ1) is 4.72. The largest absolute Gasteiger partial charge is 0.341 e. The first-order valence-corrected chi connectivity index (χ1v) is 2.87. The van der Waals surface area contributed by atoms with E-state index in [1.807, 2.05) is 0 Å². The van der Waals surface area contributed by atoms with Gasteiger partial charge in [-0.15, -0.1) is 6.58 Å². The Morgan fingerprint density at radius 1 is 1.90 bits per heavy atom. The Labute approximate surface area is 60.4 Å². The Morgan fingerprint density at radius 3 is 2.90 bits per heavy atom. The number of hydroxylamine groups is 1. The van der Waals surface area contributed by atoms with Crippen LogP contribution in [0, 0.1) is 0 Å². The smallest absolute Gasteiger partial charge is 0.322 e. The molecule has 0 heterocycles. The van der Waals surface area contributed by atoms with E-state index in [1.165, 1.54) is 12.0 Å². The lowest BCUT2D eigenvalue weighted by Crippen LogP contribution is -2.36. The number of nitrogens with one attached hydrogen (secondary N) is 1. The molecule has 0 aliphatic heterocycles. The van der Waals surface area contributed by atoms with E-state index in [-0.39, 0.29) is 6.03 Å².